The molecule has 6 nitrogen and oxygen atoms in total. The van der Waals surface area contributed by atoms with Crippen molar-refractivity contribution < 1.29 is 12.8 Å². The minimum absolute atomic E-state index is 0.0708. The van der Waals surface area contributed by atoms with Gasteiger partial charge < -0.3 is 4.42 Å². The van der Waals surface area contributed by atoms with E-state index in [0.29, 0.717) is 33.5 Å². The number of nitrogens with zero attached hydrogens (tertiary/aromatic N) is 1. The molecule has 0 aliphatic rings. The molecule has 2 heterocycles. The number of nitrogens with one attached hydrogen (secondary N) is 2. The summed E-state index contributed by atoms with van der Waals surface area (Å²) in [7, 11) is -3.79. The average molecular weight is 352 g/mol. The van der Waals surface area contributed by atoms with E-state index in [1.165, 1.54) is 6.07 Å². The van der Waals surface area contributed by atoms with E-state index in [4.69, 9.17) is 16.0 Å². The van der Waals surface area contributed by atoms with Crippen LogP contribution in [0.15, 0.2) is 45.8 Å². The van der Waals surface area contributed by atoms with Gasteiger partial charge in [-0.15, -0.1) is 0 Å². The highest BCUT2D eigenvalue weighted by molar-refractivity contribution is 7.92. The van der Waals surface area contributed by atoms with Gasteiger partial charge in [0, 0.05) is 17.3 Å². The lowest BCUT2D eigenvalue weighted by Crippen LogP contribution is -2.14. The molecule has 0 saturated carbocycles. The molecule has 8 heteroatoms. The molecule has 0 amide bonds. The molecular formula is C15H14ClN3O3S. The normalized spacial score (nSPS) is 11.6. The second-order valence-electron chi connectivity index (χ2n) is 5.02. The molecular weight excluding hydrogens is 338 g/mol. The van der Waals surface area contributed by atoms with Gasteiger partial charge in [0.25, 0.3) is 10.0 Å². The summed E-state index contributed by atoms with van der Waals surface area (Å²) in [6.45, 7) is 3.34. The maximum Gasteiger partial charge on any atom is 0.265 e. The van der Waals surface area contributed by atoms with Crippen LogP contribution in [0.2, 0.25) is 5.02 Å². The Balaban J connectivity index is 1.99. The van der Waals surface area contributed by atoms with E-state index in [1.807, 2.05) is 0 Å². The zero-order valence-electron chi connectivity index (χ0n) is 12.4. The number of furan rings is 1. The summed E-state index contributed by atoms with van der Waals surface area (Å²) in [4.78, 5) is 0.0708. The summed E-state index contributed by atoms with van der Waals surface area (Å²) in [5.74, 6) is 0.699. The number of rotatable bonds is 4. The van der Waals surface area contributed by atoms with Gasteiger partial charge in [0.1, 0.15) is 16.3 Å². The monoisotopic (exact) mass is 351 g/mol. The molecule has 3 aromatic rings. The Labute approximate surface area is 138 Å². The molecule has 0 aliphatic heterocycles. The highest BCUT2D eigenvalue weighted by Gasteiger charge is 2.23. The maximum atomic E-state index is 12.6. The molecule has 3 rings (SSSR count). The summed E-state index contributed by atoms with van der Waals surface area (Å²) in [5, 5.41) is 7.05. The fourth-order valence-corrected chi connectivity index (χ4v) is 3.65. The number of hydrogen-bond donors (Lipinski definition) is 2. The largest absolute Gasteiger partial charge is 0.458 e. The number of aromatic amines is 1. The first-order valence-electron chi connectivity index (χ1n) is 6.76. The molecule has 120 valence electrons. The standard InChI is InChI=1S/C15H14ClN3O3S/c1-9-11(16)4-3-5-12(9)19-23(20,21)15-8-14(22-10(15)2)13-6-7-17-18-13/h3-8,19H,1-2H3,(H,17,18). The van der Waals surface area contributed by atoms with Crippen LogP contribution in [-0.4, -0.2) is 18.6 Å². The van der Waals surface area contributed by atoms with Gasteiger partial charge in [-0.1, -0.05) is 17.7 Å². The number of anilines is 1. The van der Waals surface area contributed by atoms with Gasteiger partial charge in [-0.05, 0) is 37.6 Å². The van der Waals surface area contributed by atoms with Gasteiger partial charge in [0.2, 0.25) is 0 Å². The number of aryl methyl sites for hydroxylation is 1. The highest BCUT2D eigenvalue weighted by atomic mass is 35.5. The van der Waals surface area contributed by atoms with E-state index in [1.54, 1.807) is 44.3 Å². The SMILES string of the molecule is Cc1oc(-c2ccn[nH]2)cc1S(=O)(=O)Nc1cccc(Cl)c1C. The Bertz CT molecular complexity index is 947. The Hall–Kier alpha value is -2.25. The highest BCUT2D eigenvalue weighted by Crippen LogP contribution is 2.30. The van der Waals surface area contributed by atoms with E-state index in [9.17, 15) is 8.42 Å². The lowest BCUT2D eigenvalue weighted by Gasteiger charge is -2.10. The number of hydrogen-bond acceptors (Lipinski definition) is 4. The first-order valence-corrected chi connectivity index (χ1v) is 8.63. The second-order valence-corrected chi connectivity index (χ2v) is 7.08. The molecule has 1 aromatic carbocycles. The maximum absolute atomic E-state index is 12.6. The van der Waals surface area contributed by atoms with Crippen LogP contribution in [0.25, 0.3) is 11.5 Å². The Morgan fingerprint density at radius 3 is 2.74 bits per heavy atom. The molecule has 0 fully saturated rings. The van der Waals surface area contributed by atoms with E-state index in [2.05, 4.69) is 14.9 Å². The Morgan fingerprint density at radius 2 is 2.04 bits per heavy atom. The molecule has 0 aliphatic carbocycles. The third-order valence-corrected chi connectivity index (χ3v) is 5.32. The van der Waals surface area contributed by atoms with Crippen molar-refractivity contribution in [2.75, 3.05) is 4.72 Å². The smallest absolute Gasteiger partial charge is 0.265 e. The molecule has 0 atom stereocenters. The van der Waals surface area contributed by atoms with Crippen LogP contribution < -0.4 is 4.72 Å². The van der Waals surface area contributed by atoms with Crippen LogP contribution in [0.1, 0.15) is 11.3 Å². The van der Waals surface area contributed by atoms with Crippen molar-refractivity contribution >= 4 is 27.3 Å². The number of sulfonamides is 1. The Kier molecular flexibility index (Phi) is 3.91. The summed E-state index contributed by atoms with van der Waals surface area (Å²) < 4.78 is 33.3. The van der Waals surface area contributed by atoms with Gasteiger partial charge in [-0.3, -0.25) is 9.82 Å². The number of H-pyrrole nitrogens is 1. The lowest BCUT2D eigenvalue weighted by atomic mass is 10.2. The third-order valence-electron chi connectivity index (χ3n) is 3.44. The van der Waals surface area contributed by atoms with Gasteiger partial charge in [-0.2, -0.15) is 5.10 Å². The van der Waals surface area contributed by atoms with Crippen molar-refractivity contribution in [3.05, 3.63) is 52.9 Å². The second kappa shape index (κ2) is 5.75. The molecule has 0 unspecified atom stereocenters. The first kappa shape index (κ1) is 15.6. The minimum Gasteiger partial charge on any atom is -0.458 e. The zero-order chi connectivity index (χ0) is 16.6. The van der Waals surface area contributed by atoms with E-state index < -0.39 is 10.0 Å². The van der Waals surface area contributed by atoms with Crippen molar-refractivity contribution in [3.63, 3.8) is 0 Å². The molecule has 0 saturated heterocycles. The predicted octanol–water partition coefficient (Wildman–Crippen LogP) is 3.74. The predicted molar refractivity (Wildman–Crippen MR) is 88.0 cm³/mol. The van der Waals surface area contributed by atoms with Gasteiger partial charge in [0.05, 0.1) is 5.69 Å². The van der Waals surface area contributed by atoms with Crippen molar-refractivity contribution in [1.29, 1.82) is 0 Å². The average Bonchev–Trinajstić information content (AvgIpc) is 3.13. The number of halogens is 1. The third kappa shape index (κ3) is 2.97. The molecule has 2 aromatic heterocycles. The molecule has 2 N–H and O–H groups in total. The van der Waals surface area contributed by atoms with E-state index in [-0.39, 0.29) is 4.90 Å². The Morgan fingerprint density at radius 1 is 1.26 bits per heavy atom. The minimum atomic E-state index is -3.79. The first-order chi connectivity index (χ1) is 10.9. The van der Waals surface area contributed by atoms with Crippen LogP contribution >= 0.6 is 11.6 Å². The summed E-state index contributed by atoms with van der Waals surface area (Å²) in [6, 6.07) is 8.21. The van der Waals surface area contributed by atoms with Crippen molar-refractivity contribution in [2.45, 2.75) is 18.7 Å². The fraction of sp³-hybridized carbons (Fsp3) is 0.133. The summed E-state index contributed by atoms with van der Waals surface area (Å²) >= 11 is 6.03. The zero-order valence-corrected chi connectivity index (χ0v) is 14.0. The number of benzene rings is 1. The van der Waals surface area contributed by atoms with Crippen molar-refractivity contribution in [1.82, 2.24) is 10.2 Å². The van der Waals surface area contributed by atoms with E-state index >= 15 is 0 Å². The van der Waals surface area contributed by atoms with Gasteiger partial charge >= 0.3 is 0 Å². The number of aromatic nitrogens is 2. The molecule has 0 radical (unpaired) electrons. The fourth-order valence-electron chi connectivity index (χ4n) is 2.18. The summed E-state index contributed by atoms with van der Waals surface area (Å²) in [5.41, 5.74) is 1.70. The van der Waals surface area contributed by atoms with Crippen LogP contribution in [0.5, 0.6) is 0 Å². The lowest BCUT2D eigenvalue weighted by molar-refractivity contribution is 0.533. The molecule has 23 heavy (non-hydrogen) atoms. The van der Waals surface area contributed by atoms with Gasteiger partial charge in [0.15, 0.2) is 5.76 Å². The van der Waals surface area contributed by atoms with Gasteiger partial charge in [-0.25, -0.2) is 8.42 Å². The van der Waals surface area contributed by atoms with Crippen LogP contribution in [0.3, 0.4) is 0 Å². The van der Waals surface area contributed by atoms with Crippen molar-refractivity contribution in [2.24, 2.45) is 0 Å². The molecule has 0 bridgehead atoms. The van der Waals surface area contributed by atoms with E-state index in [0.717, 1.165) is 0 Å². The van der Waals surface area contributed by atoms with Crippen LogP contribution in [-0.2, 0) is 10.0 Å². The molecule has 0 spiro atoms. The van der Waals surface area contributed by atoms with Crippen LogP contribution in [0, 0.1) is 13.8 Å². The topological polar surface area (TPSA) is 88.0 Å². The summed E-state index contributed by atoms with van der Waals surface area (Å²) in [6.07, 6.45) is 1.56. The van der Waals surface area contributed by atoms with Crippen molar-refractivity contribution in [3.8, 4) is 11.5 Å². The van der Waals surface area contributed by atoms with Crippen LogP contribution in [0.4, 0.5) is 5.69 Å². The quantitative estimate of drug-likeness (QED) is 0.749.